The van der Waals surface area contributed by atoms with E-state index in [0.29, 0.717) is 6.54 Å². The van der Waals surface area contributed by atoms with E-state index >= 15 is 0 Å². The molecule has 0 saturated carbocycles. The third kappa shape index (κ3) is 2.67. The third-order valence-electron chi connectivity index (χ3n) is 2.83. The summed E-state index contributed by atoms with van der Waals surface area (Å²) in [6.07, 6.45) is 3.82. The molecule has 0 spiro atoms. The minimum Gasteiger partial charge on any atom is -0.336 e. The number of nitrogens with zero attached hydrogens (tertiary/aromatic N) is 5. The van der Waals surface area contributed by atoms with E-state index in [1.807, 2.05) is 44.3 Å². The lowest BCUT2D eigenvalue weighted by atomic mass is 10.3. The van der Waals surface area contributed by atoms with E-state index in [-0.39, 0.29) is 0 Å². The summed E-state index contributed by atoms with van der Waals surface area (Å²) in [6.45, 7) is 7.72. The van der Waals surface area contributed by atoms with Gasteiger partial charge in [-0.3, -0.25) is 0 Å². The average Bonchev–Trinajstić information content (AvgIpc) is 2.75. The van der Waals surface area contributed by atoms with Gasteiger partial charge in [-0.2, -0.15) is 0 Å². The lowest BCUT2D eigenvalue weighted by molar-refractivity contribution is 0.678. The molecule has 2 aromatic rings. The highest BCUT2D eigenvalue weighted by atomic mass is 15.3. The highest BCUT2D eigenvalue weighted by Crippen LogP contribution is 2.11. The van der Waals surface area contributed by atoms with Crippen molar-refractivity contribution in [3.8, 4) is 0 Å². The monoisotopic (exact) mass is 245 g/mol. The molecule has 0 aliphatic heterocycles. The lowest BCUT2D eigenvalue weighted by Crippen LogP contribution is -2.22. The Morgan fingerprint density at radius 1 is 1.22 bits per heavy atom. The molecule has 0 unspecified atom stereocenters. The number of hydrogen-bond donors (Lipinski definition) is 0. The Bertz CT molecular complexity index is 512. The van der Waals surface area contributed by atoms with Gasteiger partial charge in [-0.15, -0.1) is 0 Å². The van der Waals surface area contributed by atoms with Gasteiger partial charge in [0.25, 0.3) is 0 Å². The van der Waals surface area contributed by atoms with Crippen LogP contribution in [-0.4, -0.2) is 26.6 Å². The number of hydrogen-bond acceptors (Lipinski definition) is 4. The average molecular weight is 245 g/mol. The molecule has 18 heavy (non-hydrogen) atoms. The van der Waals surface area contributed by atoms with Crippen LogP contribution in [0.5, 0.6) is 0 Å². The number of aromatic nitrogens is 4. The van der Waals surface area contributed by atoms with Gasteiger partial charge in [-0.05, 0) is 26.8 Å². The molecule has 96 valence electrons. The summed E-state index contributed by atoms with van der Waals surface area (Å²) < 4.78 is 2.12. The zero-order chi connectivity index (χ0) is 13.1. The standard InChI is InChI=1S/C13H19N5/c1-5-18-7-6-14-12(18)9-17(4)13-15-10(2)8-11(3)16-13/h6-8H,5,9H2,1-4H3. The Morgan fingerprint density at radius 3 is 2.50 bits per heavy atom. The van der Waals surface area contributed by atoms with Gasteiger partial charge in [0.15, 0.2) is 0 Å². The largest absolute Gasteiger partial charge is 0.336 e. The quantitative estimate of drug-likeness (QED) is 0.826. The van der Waals surface area contributed by atoms with Crippen LogP contribution in [0.25, 0.3) is 0 Å². The first-order chi connectivity index (χ1) is 8.60. The molecule has 0 fully saturated rings. The second-order valence-electron chi connectivity index (χ2n) is 4.44. The van der Waals surface area contributed by atoms with E-state index in [1.165, 1.54) is 0 Å². The van der Waals surface area contributed by atoms with Crippen LogP contribution in [0.2, 0.25) is 0 Å². The van der Waals surface area contributed by atoms with Gasteiger partial charge in [-0.25, -0.2) is 15.0 Å². The predicted octanol–water partition coefficient (Wildman–Crippen LogP) is 1.95. The van der Waals surface area contributed by atoms with Crippen molar-refractivity contribution in [2.75, 3.05) is 11.9 Å². The Labute approximate surface area is 108 Å². The molecule has 0 bridgehead atoms. The summed E-state index contributed by atoms with van der Waals surface area (Å²) in [5.41, 5.74) is 1.98. The van der Waals surface area contributed by atoms with E-state index in [1.54, 1.807) is 0 Å². The summed E-state index contributed by atoms with van der Waals surface area (Å²) in [4.78, 5) is 15.3. The molecule has 2 heterocycles. The topological polar surface area (TPSA) is 46.8 Å². The smallest absolute Gasteiger partial charge is 0.225 e. The molecule has 0 aliphatic rings. The molecule has 0 radical (unpaired) electrons. The van der Waals surface area contributed by atoms with Gasteiger partial charge in [0.1, 0.15) is 5.82 Å². The Morgan fingerprint density at radius 2 is 1.89 bits per heavy atom. The maximum Gasteiger partial charge on any atom is 0.225 e. The molecule has 0 N–H and O–H groups in total. The fraction of sp³-hybridized carbons (Fsp3) is 0.462. The van der Waals surface area contributed by atoms with Crippen molar-refractivity contribution in [2.24, 2.45) is 0 Å². The fourth-order valence-corrected chi connectivity index (χ4v) is 1.94. The Kier molecular flexibility index (Phi) is 3.60. The molecule has 5 nitrogen and oxygen atoms in total. The second kappa shape index (κ2) is 5.16. The molecular formula is C13H19N5. The summed E-state index contributed by atoms with van der Waals surface area (Å²) >= 11 is 0. The molecule has 5 heteroatoms. The molecule has 0 amide bonds. The molecular weight excluding hydrogens is 226 g/mol. The summed E-state index contributed by atoms with van der Waals surface area (Å²) in [7, 11) is 1.99. The van der Waals surface area contributed by atoms with Gasteiger partial charge in [0.2, 0.25) is 5.95 Å². The number of imidazole rings is 1. The number of anilines is 1. The minimum atomic E-state index is 0.712. The maximum atomic E-state index is 4.45. The van der Waals surface area contributed by atoms with Crippen molar-refractivity contribution in [2.45, 2.75) is 33.9 Å². The first-order valence-corrected chi connectivity index (χ1v) is 6.13. The molecule has 2 aromatic heterocycles. The zero-order valence-electron chi connectivity index (χ0n) is 11.4. The summed E-state index contributed by atoms with van der Waals surface area (Å²) in [6, 6.07) is 1.98. The highest BCUT2D eigenvalue weighted by molar-refractivity contribution is 5.31. The normalized spacial score (nSPS) is 10.7. The number of rotatable bonds is 4. The Balaban J connectivity index is 2.19. The van der Waals surface area contributed by atoms with Gasteiger partial charge < -0.3 is 9.47 Å². The zero-order valence-corrected chi connectivity index (χ0v) is 11.4. The van der Waals surface area contributed by atoms with E-state index in [0.717, 1.165) is 29.7 Å². The van der Waals surface area contributed by atoms with E-state index in [9.17, 15) is 0 Å². The van der Waals surface area contributed by atoms with Crippen molar-refractivity contribution in [1.29, 1.82) is 0 Å². The lowest BCUT2D eigenvalue weighted by Gasteiger charge is -2.18. The van der Waals surface area contributed by atoms with Gasteiger partial charge in [0, 0.05) is 37.4 Å². The minimum absolute atomic E-state index is 0.712. The second-order valence-corrected chi connectivity index (χ2v) is 4.44. The molecule has 0 saturated heterocycles. The van der Waals surface area contributed by atoms with Crippen LogP contribution in [0.4, 0.5) is 5.95 Å². The van der Waals surface area contributed by atoms with Gasteiger partial charge in [-0.1, -0.05) is 0 Å². The van der Waals surface area contributed by atoms with Crippen LogP contribution in [0, 0.1) is 13.8 Å². The predicted molar refractivity (Wildman–Crippen MR) is 71.5 cm³/mol. The van der Waals surface area contributed by atoms with Gasteiger partial charge >= 0.3 is 0 Å². The molecule has 0 aromatic carbocycles. The third-order valence-corrected chi connectivity index (χ3v) is 2.83. The summed E-state index contributed by atoms with van der Waals surface area (Å²) in [5.74, 6) is 1.78. The molecule has 2 rings (SSSR count). The first kappa shape index (κ1) is 12.5. The van der Waals surface area contributed by atoms with E-state index in [2.05, 4.69) is 26.4 Å². The first-order valence-electron chi connectivity index (χ1n) is 6.13. The van der Waals surface area contributed by atoms with Crippen molar-refractivity contribution in [3.63, 3.8) is 0 Å². The van der Waals surface area contributed by atoms with Crippen LogP contribution < -0.4 is 4.90 Å². The van der Waals surface area contributed by atoms with E-state index < -0.39 is 0 Å². The number of aryl methyl sites for hydroxylation is 3. The van der Waals surface area contributed by atoms with Crippen LogP contribution >= 0.6 is 0 Å². The SMILES string of the molecule is CCn1ccnc1CN(C)c1nc(C)cc(C)n1. The van der Waals surface area contributed by atoms with Crippen LogP contribution in [-0.2, 0) is 13.1 Å². The van der Waals surface area contributed by atoms with Crippen LogP contribution in [0.15, 0.2) is 18.5 Å². The van der Waals surface area contributed by atoms with Crippen molar-refractivity contribution >= 4 is 5.95 Å². The van der Waals surface area contributed by atoms with Crippen molar-refractivity contribution in [1.82, 2.24) is 19.5 Å². The Hall–Kier alpha value is -1.91. The van der Waals surface area contributed by atoms with Crippen LogP contribution in [0.1, 0.15) is 24.1 Å². The fourth-order valence-electron chi connectivity index (χ4n) is 1.94. The van der Waals surface area contributed by atoms with Gasteiger partial charge in [0.05, 0.1) is 6.54 Å². The maximum absolute atomic E-state index is 4.45. The summed E-state index contributed by atoms with van der Waals surface area (Å²) in [5, 5.41) is 0. The van der Waals surface area contributed by atoms with Crippen molar-refractivity contribution < 1.29 is 0 Å². The highest BCUT2D eigenvalue weighted by Gasteiger charge is 2.09. The molecule has 0 aliphatic carbocycles. The van der Waals surface area contributed by atoms with E-state index in [4.69, 9.17) is 0 Å². The van der Waals surface area contributed by atoms with Crippen molar-refractivity contribution in [3.05, 3.63) is 35.7 Å². The molecule has 0 atom stereocenters. The van der Waals surface area contributed by atoms with Crippen LogP contribution in [0.3, 0.4) is 0 Å².